The maximum absolute atomic E-state index is 13.9. The fourth-order valence-electron chi connectivity index (χ4n) is 2.62. The molecule has 2 amide bonds. The number of hydrogen-bond donors (Lipinski definition) is 1. The van der Waals surface area contributed by atoms with Crippen LogP contribution < -0.4 is 5.32 Å². The molecule has 1 heterocycles. The molecular weight excluding hydrogens is 359 g/mol. The quantitative estimate of drug-likeness (QED) is 0.734. The van der Waals surface area contributed by atoms with E-state index >= 15 is 0 Å². The second-order valence-electron chi connectivity index (χ2n) is 6.02. The number of furan rings is 1. The molecule has 0 spiro atoms. The van der Waals surface area contributed by atoms with E-state index in [9.17, 15) is 14.0 Å². The number of nitrogens with zero attached hydrogens (tertiary/aromatic N) is 1. The molecule has 0 fully saturated rings. The van der Waals surface area contributed by atoms with Crippen LogP contribution in [0.25, 0.3) is 11.0 Å². The van der Waals surface area contributed by atoms with Crippen LogP contribution in [0.15, 0.2) is 40.8 Å². The number of fused-ring (bicyclic) bond motifs is 1. The summed E-state index contributed by atoms with van der Waals surface area (Å²) in [5.41, 5.74) is 1.19. The van der Waals surface area contributed by atoms with Crippen molar-refractivity contribution in [3.63, 3.8) is 0 Å². The smallest absolute Gasteiger partial charge is 0.291 e. The molecule has 3 aromatic rings. The molecule has 0 radical (unpaired) electrons. The van der Waals surface area contributed by atoms with Gasteiger partial charge in [0.25, 0.3) is 11.8 Å². The van der Waals surface area contributed by atoms with Gasteiger partial charge in [0.15, 0.2) is 17.2 Å². The number of nitrogens with one attached hydrogen (secondary N) is 1. The second kappa shape index (κ2) is 6.80. The molecule has 0 aliphatic carbocycles. The van der Waals surface area contributed by atoms with E-state index in [0.29, 0.717) is 16.5 Å². The van der Waals surface area contributed by atoms with Crippen LogP contribution in [-0.4, -0.2) is 30.8 Å². The van der Waals surface area contributed by atoms with Gasteiger partial charge in [-0.1, -0.05) is 23.7 Å². The number of carbonyl (C=O) groups excluding carboxylic acids is 2. The first-order valence-corrected chi connectivity index (χ1v) is 8.17. The number of hydrogen-bond acceptors (Lipinski definition) is 3. The van der Waals surface area contributed by atoms with Crippen molar-refractivity contribution < 1.29 is 18.4 Å². The minimum atomic E-state index is -0.575. The number of carbonyl (C=O) groups is 2. The lowest BCUT2D eigenvalue weighted by molar-refractivity contribution is 0.0827. The topological polar surface area (TPSA) is 62.6 Å². The fraction of sp³-hybridized carbons (Fsp3) is 0.158. The first kappa shape index (κ1) is 17.9. The van der Waals surface area contributed by atoms with Gasteiger partial charge in [-0.15, -0.1) is 0 Å². The molecule has 0 saturated heterocycles. The van der Waals surface area contributed by atoms with Gasteiger partial charge >= 0.3 is 0 Å². The van der Waals surface area contributed by atoms with Gasteiger partial charge in [-0.25, -0.2) is 4.39 Å². The number of rotatable bonds is 3. The molecule has 0 aliphatic heterocycles. The predicted octanol–water partition coefficient (Wildman–Crippen LogP) is 4.49. The summed E-state index contributed by atoms with van der Waals surface area (Å²) in [5.74, 6) is -1.35. The molecule has 26 heavy (non-hydrogen) atoms. The maximum atomic E-state index is 13.9. The van der Waals surface area contributed by atoms with Gasteiger partial charge in [-0.3, -0.25) is 9.59 Å². The van der Waals surface area contributed by atoms with E-state index in [-0.39, 0.29) is 28.0 Å². The average Bonchev–Trinajstić information content (AvgIpc) is 2.94. The molecular formula is C19H16ClFN2O3. The lowest BCUT2D eigenvalue weighted by Crippen LogP contribution is -2.22. The Morgan fingerprint density at radius 3 is 2.58 bits per heavy atom. The summed E-state index contributed by atoms with van der Waals surface area (Å²) < 4.78 is 19.3. The number of para-hydroxylation sites is 1. The third-order valence-electron chi connectivity index (χ3n) is 3.99. The van der Waals surface area contributed by atoms with Gasteiger partial charge in [-0.2, -0.15) is 0 Å². The largest absolute Gasteiger partial charge is 0.448 e. The van der Waals surface area contributed by atoms with Crippen molar-refractivity contribution in [1.82, 2.24) is 4.90 Å². The highest BCUT2D eigenvalue weighted by atomic mass is 35.5. The number of halogens is 2. The Balaban J connectivity index is 1.96. The average molecular weight is 375 g/mol. The number of amides is 2. The maximum Gasteiger partial charge on any atom is 0.291 e. The summed E-state index contributed by atoms with van der Waals surface area (Å²) in [5, 5.41) is 3.42. The van der Waals surface area contributed by atoms with E-state index < -0.39 is 11.7 Å². The summed E-state index contributed by atoms with van der Waals surface area (Å²) in [6.45, 7) is 1.67. The lowest BCUT2D eigenvalue weighted by atomic mass is 10.1. The zero-order valence-electron chi connectivity index (χ0n) is 14.4. The molecule has 134 valence electrons. The van der Waals surface area contributed by atoms with Gasteiger partial charge in [0.2, 0.25) is 0 Å². The fourth-order valence-corrected chi connectivity index (χ4v) is 2.78. The molecule has 0 aliphatic rings. The highest BCUT2D eigenvalue weighted by Gasteiger charge is 2.21. The number of anilines is 1. The molecule has 0 atom stereocenters. The summed E-state index contributed by atoms with van der Waals surface area (Å²) in [6, 6.07) is 9.08. The minimum Gasteiger partial charge on any atom is -0.448 e. The predicted molar refractivity (Wildman–Crippen MR) is 98.3 cm³/mol. The van der Waals surface area contributed by atoms with E-state index in [1.54, 1.807) is 39.2 Å². The molecule has 0 bridgehead atoms. The molecule has 1 aromatic heterocycles. The van der Waals surface area contributed by atoms with E-state index in [4.69, 9.17) is 16.0 Å². The summed E-state index contributed by atoms with van der Waals surface area (Å²) >= 11 is 6.13. The monoisotopic (exact) mass is 374 g/mol. The zero-order valence-corrected chi connectivity index (χ0v) is 15.1. The molecule has 3 rings (SSSR count). The Bertz CT molecular complexity index is 1030. The van der Waals surface area contributed by atoms with Crippen LogP contribution >= 0.6 is 11.6 Å². The summed E-state index contributed by atoms with van der Waals surface area (Å²) in [4.78, 5) is 26.1. The van der Waals surface area contributed by atoms with Gasteiger partial charge in [0, 0.05) is 30.6 Å². The third-order valence-corrected chi connectivity index (χ3v) is 4.32. The van der Waals surface area contributed by atoms with Crippen molar-refractivity contribution in [2.75, 3.05) is 19.4 Å². The van der Waals surface area contributed by atoms with Crippen molar-refractivity contribution in [2.24, 2.45) is 0 Å². The zero-order chi connectivity index (χ0) is 19.0. The Labute approximate surface area is 154 Å². The first-order chi connectivity index (χ1) is 12.3. The number of benzene rings is 2. The van der Waals surface area contributed by atoms with Crippen molar-refractivity contribution in [2.45, 2.75) is 6.92 Å². The SMILES string of the molecule is Cc1c(C(=O)Nc2cc(C(=O)N(C)C)ccc2Cl)oc2c(F)cccc12. The minimum absolute atomic E-state index is 0.00879. The van der Waals surface area contributed by atoms with Crippen molar-refractivity contribution in [3.8, 4) is 0 Å². The second-order valence-corrected chi connectivity index (χ2v) is 6.43. The van der Waals surface area contributed by atoms with Gasteiger partial charge in [0.1, 0.15) is 0 Å². The lowest BCUT2D eigenvalue weighted by Gasteiger charge is -2.12. The Kier molecular flexibility index (Phi) is 4.70. The van der Waals surface area contributed by atoms with E-state index in [1.165, 1.54) is 23.1 Å². The number of aryl methyl sites for hydroxylation is 1. The Morgan fingerprint density at radius 2 is 1.92 bits per heavy atom. The highest BCUT2D eigenvalue weighted by molar-refractivity contribution is 6.34. The van der Waals surface area contributed by atoms with Crippen LogP contribution in [0.4, 0.5) is 10.1 Å². The summed E-state index contributed by atoms with van der Waals surface area (Å²) in [6.07, 6.45) is 0. The standard InChI is InChI=1S/C19H16ClFN2O3/c1-10-12-5-4-6-14(21)17(12)26-16(10)18(24)22-15-9-11(7-8-13(15)20)19(25)23(2)3/h4-9H,1-3H3,(H,22,24). The van der Waals surface area contributed by atoms with Crippen LogP contribution in [-0.2, 0) is 0 Å². The normalized spacial score (nSPS) is 10.8. The van der Waals surface area contributed by atoms with E-state index in [2.05, 4.69) is 5.32 Å². The van der Waals surface area contributed by atoms with Crippen LogP contribution in [0.5, 0.6) is 0 Å². The Hall–Kier alpha value is -2.86. The molecule has 7 heteroatoms. The third kappa shape index (κ3) is 3.15. The molecule has 5 nitrogen and oxygen atoms in total. The van der Waals surface area contributed by atoms with Crippen LogP contribution in [0.1, 0.15) is 26.5 Å². The van der Waals surface area contributed by atoms with Crippen molar-refractivity contribution in [1.29, 1.82) is 0 Å². The molecule has 2 aromatic carbocycles. The van der Waals surface area contributed by atoms with Crippen molar-refractivity contribution >= 4 is 40.1 Å². The Morgan fingerprint density at radius 1 is 1.19 bits per heavy atom. The van der Waals surface area contributed by atoms with Crippen LogP contribution in [0.3, 0.4) is 0 Å². The van der Waals surface area contributed by atoms with Gasteiger partial charge < -0.3 is 14.6 Å². The van der Waals surface area contributed by atoms with Gasteiger partial charge in [0.05, 0.1) is 10.7 Å². The molecule has 0 saturated carbocycles. The summed E-state index contributed by atoms with van der Waals surface area (Å²) in [7, 11) is 3.25. The van der Waals surface area contributed by atoms with E-state index in [0.717, 1.165) is 0 Å². The van der Waals surface area contributed by atoms with Crippen LogP contribution in [0, 0.1) is 12.7 Å². The highest BCUT2D eigenvalue weighted by Crippen LogP contribution is 2.29. The van der Waals surface area contributed by atoms with Crippen molar-refractivity contribution in [3.05, 3.63) is 64.1 Å². The molecule has 0 unspecified atom stereocenters. The van der Waals surface area contributed by atoms with Crippen LogP contribution in [0.2, 0.25) is 5.02 Å². The first-order valence-electron chi connectivity index (χ1n) is 7.79. The molecule has 1 N–H and O–H groups in total. The van der Waals surface area contributed by atoms with E-state index in [1.807, 2.05) is 0 Å². The van der Waals surface area contributed by atoms with Gasteiger partial charge in [-0.05, 0) is 31.2 Å².